The van der Waals surface area contributed by atoms with Gasteiger partial charge in [0.25, 0.3) is 11.8 Å². The minimum absolute atomic E-state index is 0.110. The molecular weight excluding hydrogens is 419 g/mol. The van der Waals surface area contributed by atoms with E-state index in [9.17, 15) is 19.1 Å². The van der Waals surface area contributed by atoms with Crippen LogP contribution in [0.5, 0.6) is 17.2 Å². The van der Waals surface area contributed by atoms with Gasteiger partial charge in [0.1, 0.15) is 28.6 Å². The van der Waals surface area contributed by atoms with Crippen LogP contribution in [-0.4, -0.2) is 22.0 Å². The number of anilines is 1. The lowest BCUT2D eigenvalue weighted by Gasteiger charge is -2.29. The lowest BCUT2D eigenvalue weighted by atomic mass is 10.1. The zero-order valence-corrected chi connectivity index (χ0v) is 16.7. The average Bonchev–Trinajstić information content (AvgIpc) is 2.75. The lowest BCUT2D eigenvalue weighted by Crippen LogP contribution is -2.54. The Hall–Kier alpha value is -4.04. The van der Waals surface area contributed by atoms with E-state index in [0.717, 1.165) is 17.0 Å². The summed E-state index contributed by atoms with van der Waals surface area (Å²) in [5.74, 6) is -1.49. The van der Waals surface area contributed by atoms with Crippen LogP contribution < -0.4 is 15.0 Å². The van der Waals surface area contributed by atoms with E-state index in [1.54, 1.807) is 24.3 Å². The zero-order chi connectivity index (χ0) is 22.0. The minimum atomic E-state index is -0.780. The van der Waals surface area contributed by atoms with Gasteiger partial charge >= 0.3 is 0 Å². The van der Waals surface area contributed by atoms with Gasteiger partial charge in [-0.2, -0.15) is 0 Å². The molecule has 6 nitrogen and oxygen atoms in total. The smallest absolute Gasteiger partial charge is 0.270 e. The average molecular weight is 434 g/mol. The summed E-state index contributed by atoms with van der Waals surface area (Å²) in [5.41, 5.74) is -0.238. The quantitative estimate of drug-likeness (QED) is 0.366. The van der Waals surface area contributed by atoms with Crippen molar-refractivity contribution in [2.24, 2.45) is 0 Å². The molecule has 31 heavy (non-hydrogen) atoms. The summed E-state index contributed by atoms with van der Waals surface area (Å²) < 4.78 is 19.8. The van der Waals surface area contributed by atoms with Crippen LogP contribution in [0.15, 0.2) is 78.4 Å². The van der Waals surface area contributed by atoms with Crippen LogP contribution in [0, 0.1) is 5.82 Å². The van der Waals surface area contributed by atoms with Crippen LogP contribution in [0.3, 0.4) is 0 Å². The largest absolute Gasteiger partial charge is 0.507 e. The molecule has 154 valence electrons. The number of hydrogen-bond acceptors (Lipinski definition) is 5. The highest BCUT2D eigenvalue weighted by molar-refractivity contribution is 7.80. The van der Waals surface area contributed by atoms with E-state index in [1.165, 1.54) is 12.1 Å². The maximum atomic E-state index is 14.1. The fourth-order valence-electron chi connectivity index (χ4n) is 2.99. The Kier molecular flexibility index (Phi) is 5.46. The number of aromatic hydroxyl groups is 1. The first-order valence-electron chi connectivity index (χ1n) is 9.16. The van der Waals surface area contributed by atoms with Crippen molar-refractivity contribution in [2.45, 2.75) is 0 Å². The van der Waals surface area contributed by atoms with E-state index in [-0.39, 0.29) is 16.2 Å². The van der Waals surface area contributed by atoms with Crippen LogP contribution in [0.1, 0.15) is 5.56 Å². The monoisotopic (exact) mass is 434 g/mol. The van der Waals surface area contributed by atoms with Gasteiger partial charge in [-0.15, -0.1) is 0 Å². The third-order valence-corrected chi connectivity index (χ3v) is 4.78. The highest BCUT2D eigenvalue weighted by Gasteiger charge is 2.34. The van der Waals surface area contributed by atoms with E-state index >= 15 is 0 Å². The summed E-state index contributed by atoms with van der Waals surface area (Å²) in [4.78, 5) is 26.5. The second-order valence-corrected chi connectivity index (χ2v) is 6.93. The molecule has 8 heteroatoms. The molecule has 0 atom stereocenters. The Morgan fingerprint density at radius 3 is 2.29 bits per heavy atom. The molecule has 1 fully saturated rings. The number of carbonyl (C=O) groups excluding carboxylic acids is 2. The number of benzene rings is 3. The van der Waals surface area contributed by atoms with Gasteiger partial charge in [0, 0.05) is 0 Å². The molecule has 0 bridgehead atoms. The van der Waals surface area contributed by atoms with Gasteiger partial charge in [0.2, 0.25) is 0 Å². The van der Waals surface area contributed by atoms with E-state index in [2.05, 4.69) is 5.32 Å². The second-order valence-electron chi connectivity index (χ2n) is 6.54. The van der Waals surface area contributed by atoms with Crippen molar-refractivity contribution in [3.05, 3.63) is 89.8 Å². The summed E-state index contributed by atoms with van der Waals surface area (Å²) in [6.45, 7) is 0. The fourth-order valence-corrected chi connectivity index (χ4v) is 3.27. The molecule has 0 aliphatic carbocycles. The molecule has 0 spiro atoms. The molecule has 0 aromatic heterocycles. The van der Waals surface area contributed by atoms with Gasteiger partial charge in [-0.05, 0) is 66.8 Å². The van der Waals surface area contributed by atoms with Gasteiger partial charge in [0.05, 0.1) is 11.3 Å². The number of phenolic OH excluding ortho intramolecular Hbond substituents is 1. The predicted octanol–water partition coefficient (Wildman–Crippen LogP) is 4.15. The first kappa shape index (κ1) is 20.2. The van der Waals surface area contributed by atoms with Crippen molar-refractivity contribution in [2.75, 3.05) is 4.90 Å². The number of rotatable bonds is 4. The van der Waals surface area contributed by atoms with Crippen molar-refractivity contribution in [1.29, 1.82) is 0 Å². The minimum Gasteiger partial charge on any atom is -0.507 e. The standard InChI is InChI=1S/C23H15FN2O4S/c24-19-7-4-8-20(27)17(19)13-18-21(28)25-23(31)26(22(18)29)14-9-11-16(12-10-14)30-15-5-2-1-3-6-15/h1-13,27H,(H,25,28,31). The summed E-state index contributed by atoms with van der Waals surface area (Å²) in [7, 11) is 0. The zero-order valence-electron chi connectivity index (χ0n) is 15.9. The van der Waals surface area contributed by atoms with Crippen molar-refractivity contribution in [3.63, 3.8) is 0 Å². The summed E-state index contributed by atoms with van der Waals surface area (Å²) >= 11 is 5.16. The van der Waals surface area contributed by atoms with Crippen molar-refractivity contribution < 1.29 is 23.8 Å². The summed E-state index contributed by atoms with van der Waals surface area (Å²) in [6, 6.07) is 19.4. The highest BCUT2D eigenvalue weighted by atomic mass is 32.1. The molecule has 1 heterocycles. The van der Waals surface area contributed by atoms with Gasteiger partial charge < -0.3 is 9.84 Å². The Morgan fingerprint density at radius 2 is 1.61 bits per heavy atom. The predicted molar refractivity (Wildman–Crippen MR) is 117 cm³/mol. The molecule has 1 aliphatic heterocycles. The van der Waals surface area contributed by atoms with Crippen LogP contribution in [0.25, 0.3) is 6.08 Å². The van der Waals surface area contributed by atoms with Crippen LogP contribution >= 0.6 is 12.2 Å². The first-order chi connectivity index (χ1) is 14.9. The Balaban J connectivity index is 1.63. The lowest BCUT2D eigenvalue weighted by molar-refractivity contribution is -0.122. The highest BCUT2D eigenvalue weighted by Crippen LogP contribution is 2.28. The van der Waals surface area contributed by atoms with Crippen molar-refractivity contribution in [3.8, 4) is 17.2 Å². The molecule has 2 N–H and O–H groups in total. The maximum Gasteiger partial charge on any atom is 0.270 e. The van der Waals surface area contributed by atoms with Crippen LogP contribution in [-0.2, 0) is 9.59 Å². The number of nitrogens with zero attached hydrogens (tertiary/aromatic N) is 1. The third kappa shape index (κ3) is 4.15. The number of carbonyl (C=O) groups is 2. The molecule has 0 unspecified atom stereocenters. The van der Waals surface area contributed by atoms with Gasteiger partial charge in [-0.1, -0.05) is 24.3 Å². The molecular formula is C23H15FN2O4S. The molecule has 2 amide bonds. The van der Waals surface area contributed by atoms with Gasteiger partial charge in [0.15, 0.2) is 5.11 Å². The first-order valence-corrected chi connectivity index (χ1v) is 9.57. The molecule has 0 radical (unpaired) electrons. The molecule has 4 rings (SSSR count). The van der Waals surface area contributed by atoms with E-state index in [0.29, 0.717) is 17.2 Å². The number of hydrogen-bond donors (Lipinski definition) is 2. The number of phenols is 1. The number of thiocarbonyl (C=S) groups is 1. The third-order valence-electron chi connectivity index (χ3n) is 4.49. The molecule has 1 aliphatic rings. The molecule has 3 aromatic rings. The topological polar surface area (TPSA) is 78.9 Å². The molecule has 3 aromatic carbocycles. The van der Waals surface area contributed by atoms with E-state index < -0.39 is 23.4 Å². The number of amides is 2. The van der Waals surface area contributed by atoms with Gasteiger partial charge in [-0.25, -0.2) is 4.39 Å². The van der Waals surface area contributed by atoms with Crippen molar-refractivity contribution in [1.82, 2.24) is 5.32 Å². The maximum absolute atomic E-state index is 14.1. The Bertz CT molecular complexity index is 1190. The van der Waals surface area contributed by atoms with Crippen LogP contribution in [0.4, 0.5) is 10.1 Å². The normalized spacial score (nSPS) is 15.2. The van der Waals surface area contributed by atoms with E-state index in [1.807, 2.05) is 30.3 Å². The number of nitrogens with one attached hydrogen (secondary N) is 1. The molecule has 1 saturated heterocycles. The fraction of sp³-hybridized carbons (Fsp3) is 0. The van der Waals surface area contributed by atoms with E-state index in [4.69, 9.17) is 17.0 Å². The summed E-state index contributed by atoms with van der Waals surface area (Å²) in [5, 5.41) is 12.2. The summed E-state index contributed by atoms with van der Waals surface area (Å²) in [6.07, 6.45) is 1.00. The molecule has 0 saturated carbocycles. The SMILES string of the molecule is O=C1NC(=S)N(c2ccc(Oc3ccccc3)cc2)C(=O)C1=Cc1c(O)cccc1F. The van der Waals surface area contributed by atoms with Crippen molar-refractivity contribution >= 4 is 40.9 Å². The number of ether oxygens (including phenoxy) is 1. The number of para-hydroxylation sites is 1. The number of halogens is 1. The van der Waals surface area contributed by atoms with Crippen LogP contribution in [0.2, 0.25) is 0 Å². The Labute approximate surface area is 182 Å². The van der Waals surface area contributed by atoms with Gasteiger partial charge in [-0.3, -0.25) is 19.8 Å². The second kappa shape index (κ2) is 8.37. The Morgan fingerprint density at radius 1 is 0.935 bits per heavy atom.